The lowest BCUT2D eigenvalue weighted by Crippen LogP contribution is -2.32. The van der Waals surface area contributed by atoms with Crippen LogP contribution in [0.15, 0.2) is 42.6 Å². The van der Waals surface area contributed by atoms with E-state index in [0.717, 1.165) is 25.0 Å². The van der Waals surface area contributed by atoms with Gasteiger partial charge in [-0.3, -0.25) is 14.6 Å². The molecule has 0 spiro atoms. The largest absolute Gasteiger partial charge is 0.416 e. The fourth-order valence-corrected chi connectivity index (χ4v) is 2.78. The highest BCUT2D eigenvalue weighted by Crippen LogP contribution is 2.30. The first-order valence-electron chi connectivity index (χ1n) is 8.67. The minimum Gasteiger partial charge on any atom is -0.376 e. The molecule has 2 heterocycles. The highest BCUT2D eigenvalue weighted by Gasteiger charge is 2.30. The van der Waals surface area contributed by atoms with Crippen LogP contribution in [0.1, 0.15) is 39.3 Å². The average molecular weight is 393 g/mol. The zero-order chi connectivity index (χ0) is 20.1. The molecule has 1 aliphatic rings. The summed E-state index contributed by atoms with van der Waals surface area (Å²) in [5, 5.41) is 5.09. The van der Waals surface area contributed by atoms with E-state index >= 15 is 0 Å². The Morgan fingerprint density at radius 2 is 2.00 bits per heavy atom. The molecule has 1 aromatic heterocycles. The number of benzene rings is 1. The molecule has 0 radical (unpaired) electrons. The van der Waals surface area contributed by atoms with Gasteiger partial charge in [0.25, 0.3) is 11.8 Å². The molecule has 2 amide bonds. The Labute approximate surface area is 159 Å². The van der Waals surface area contributed by atoms with E-state index in [0.29, 0.717) is 13.2 Å². The molecular formula is C19H18F3N3O3. The van der Waals surface area contributed by atoms with Crippen molar-refractivity contribution in [3.8, 4) is 0 Å². The predicted molar refractivity (Wildman–Crippen MR) is 94.9 cm³/mol. The fraction of sp³-hybridized carbons (Fsp3) is 0.316. The number of nitrogens with zero attached hydrogens (tertiary/aromatic N) is 1. The molecule has 2 aromatic rings. The van der Waals surface area contributed by atoms with Crippen LogP contribution in [0.2, 0.25) is 0 Å². The average Bonchev–Trinajstić information content (AvgIpc) is 3.19. The van der Waals surface area contributed by atoms with Crippen LogP contribution in [0.4, 0.5) is 18.9 Å². The lowest BCUT2D eigenvalue weighted by molar-refractivity contribution is -0.137. The van der Waals surface area contributed by atoms with Gasteiger partial charge in [0.15, 0.2) is 0 Å². The van der Waals surface area contributed by atoms with Gasteiger partial charge in [-0.2, -0.15) is 13.2 Å². The van der Waals surface area contributed by atoms with Gasteiger partial charge in [0, 0.05) is 30.6 Å². The molecule has 1 fully saturated rings. The maximum absolute atomic E-state index is 12.8. The quantitative estimate of drug-likeness (QED) is 0.817. The standard InChI is InChI=1S/C19H18F3N3O3/c20-19(21,22)13-3-1-4-14(10-13)25-18(27)16-9-12(6-7-23-16)17(26)24-11-15-5-2-8-28-15/h1,3-4,6-7,9-10,15H,2,5,8,11H2,(H,24,26)(H,25,27). The molecule has 0 bridgehead atoms. The van der Waals surface area contributed by atoms with Crippen molar-refractivity contribution in [3.05, 3.63) is 59.4 Å². The number of hydrogen-bond acceptors (Lipinski definition) is 4. The number of pyridine rings is 1. The summed E-state index contributed by atoms with van der Waals surface area (Å²) in [7, 11) is 0. The first-order chi connectivity index (χ1) is 13.3. The number of ether oxygens (including phenoxy) is 1. The van der Waals surface area contributed by atoms with Gasteiger partial charge >= 0.3 is 6.18 Å². The van der Waals surface area contributed by atoms with Crippen molar-refractivity contribution in [2.45, 2.75) is 25.1 Å². The normalized spacial score (nSPS) is 16.6. The molecule has 28 heavy (non-hydrogen) atoms. The first kappa shape index (κ1) is 19.8. The Kier molecular flexibility index (Phi) is 5.93. The van der Waals surface area contributed by atoms with Gasteiger partial charge in [-0.15, -0.1) is 0 Å². The van der Waals surface area contributed by atoms with E-state index < -0.39 is 17.6 Å². The summed E-state index contributed by atoms with van der Waals surface area (Å²) in [5.74, 6) is -1.10. The van der Waals surface area contributed by atoms with Crippen LogP contribution in [0, 0.1) is 0 Å². The Bertz CT molecular complexity index is 865. The summed E-state index contributed by atoms with van der Waals surface area (Å²) in [6.07, 6.45) is -1.41. The van der Waals surface area contributed by atoms with Gasteiger partial charge in [-0.05, 0) is 43.2 Å². The summed E-state index contributed by atoms with van der Waals surface area (Å²) in [5.41, 5.74) is -0.750. The van der Waals surface area contributed by atoms with Crippen LogP contribution in [0.5, 0.6) is 0 Å². The number of hydrogen-bond donors (Lipinski definition) is 2. The summed E-state index contributed by atoms with van der Waals surface area (Å²) in [4.78, 5) is 28.4. The molecule has 2 N–H and O–H groups in total. The van der Waals surface area contributed by atoms with Gasteiger partial charge in [0.2, 0.25) is 0 Å². The summed E-state index contributed by atoms with van der Waals surface area (Å²) in [6, 6.07) is 7.01. The van der Waals surface area contributed by atoms with Gasteiger partial charge in [-0.25, -0.2) is 0 Å². The molecule has 1 atom stereocenters. The second-order valence-electron chi connectivity index (χ2n) is 6.31. The van der Waals surface area contributed by atoms with Crippen LogP contribution in [-0.4, -0.2) is 36.1 Å². The van der Waals surface area contributed by atoms with E-state index in [1.807, 2.05) is 0 Å². The zero-order valence-electron chi connectivity index (χ0n) is 14.8. The summed E-state index contributed by atoms with van der Waals surface area (Å²) in [6.45, 7) is 1.04. The van der Waals surface area contributed by atoms with Gasteiger partial charge in [-0.1, -0.05) is 6.07 Å². The summed E-state index contributed by atoms with van der Waals surface area (Å²) < 4.78 is 43.8. The molecule has 6 nitrogen and oxygen atoms in total. The van der Waals surface area contributed by atoms with Gasteiger partial charge in [0.05, 0.1) is 11.7 Å². The monoisotopic (exact) mass is 393 g/mol. The number of nitrogens with one attached hydrogen (secondary N) is 2. The topological polar surface area (TPSA) is 80.3 Å². The van der Waals surface area contributed by atoms with E-state index in [1.54, 1.807) is 0 Å². The van der Waals surface area contributed by atoms with Crippen LogP contribution >= 0.6 is 0 Å². The second-order valence-corrected chi connectivity index (χ2v) is 6.31. The third kappa shape index (κ3) is 5.07. The van der Waals surface area contributed by atoms with Gasteiger partial charge < -0.3 is 15.4 Å². The number of rotatable bonds is 5. The van der Waals surface area contributed by atoms with Crippen molar-refractivity contribution >= 4 is 17.5 Å². The smallest absolute Gasteiger partial charge is 0.376 e. The number of aromatic nitrogens is 1. The molecule has 1 aliphatic heterocycles. The van der Waals surface area contributed by atoms with Crippen molar-refractivity contribution in [2.75, 3.05) is 18.5 Å². The number of halogens is 3. The first-order valence-corrected chi connectivity index (χ1v) is 8.67. The van der Waals surface area contributed by atoms with Crippen LogP contribution in [-0.2, 0) is 10.9 Å². The molecule has 1 unspecified atom stereocenters. The number of anilines is 1. The maximum atomic E-state index is 12.8. The minimum atomic E-state index is -4.51. The number of carbonyl (C=O) groups excluding carboxylic acids is 2. The van der Waals surface area contributed by atoms with Crippen molar-refractivity contribution in [3.63, 3.8) is 0 Å². The third-order valence-corrected chi connectivity index (χ3v) is 4.22. The number of amides is 2. The van der Waals surface area contributed by atoms with E-state index in [9.17, 15) is 22.8 Å². The molecule has 0 saturated carbocycles. The molecule has 0 aliphatic carbocycles. The highest BCUT2D eigenvalue weighted by atomic mass is 19.4. The SMILES string of the molecule is O=C(NCC1CCCO1)c1ccnc(C(=O)Nc2cccc(C(F)(F)F)c2)c1. The molecular weight excluding hydrogens is 375 g/mol. The molecule has 3 rings (SSSR count). The Morgan fingerprint density at radius 3 is 2.71 bits per heavy atom. The van der Waals surface area contributed by atoms with Crippen molar-refractivity contribution in [1.29, 1.82) is 0 Å². The summed E-state index contributed by atoms with van der Waals surface area (Å²) >= 11 is 0. The van der Waals surface area contributed by atoms with Crippen molar-refractivity contribution in [2.24, 2.45) is 0 Å². The van der Waals surface area contributed by atoms with Crippen LogP contribution in [0.3, 0.4) is 0 Å². The van der Waals surface area contributed by atoms with Crippen molar-refractivity contribution < 1.29 is 27.5 Å². The predicted octanol–water partition coefficient (Wildman–Crippen LogP) is 3.26. The third-order valence-electron chi connectivity index (χ3n) is 4.22. The molecule has 1 saturated heterocycles. The zero-order valence-corrected chi connectivity index (χ0v) is 14.8. The van der Waals surface area contributed by atoms with E-state index in [4.69, 9.17) is 4.74 Å². The number of carbonyl (C=O) groups is 2. The number of alkyl halides is 3. The van der Waals surface area contributed by atoms with Gasteiger partial charge in [0.1, 0.15) is 5.69 Å². The van der Waals surface area contributed by atoms with E-state index in [2.05, 4.69) is 15.6 Å². The fourth-order valence-electron chi connectivity index (χ4n) is 2.78. The van der Waals surface area contributed by atoms with Crippen molar-refractivity contribution in [1.82, 2.24) is 10.3 Å². The lowest BCUT2D eigenvalue weighted by Gasteiger charge is -2.11. The molecule has 1 aromatic carbocycles. The van der Waals surface area contributed by atoms with Crippen LogP contribution < -0.4 is 10.6 Å². The highest BCUT2D eigenvalue weighted by molar-refractivity contribution is 6.04. The Balaban J connectivity index is 1.66. The maximum Gasteiger partial charge on any atom is 0.416 e. The lowest BCUT2D eigenvalue weighted by atomic mass is 10.1. The molecule has 9 heteroatoms. The minimum absolute atomic E-state index is 0.0186. The van der Waals surface area contributed by atoms with E-state index in [1.165, 1.54) is 30.5 Å². The second kappa shape index (κ2) is 8.39. The Hall–Kier alpha value is -2.94. The molecule has 148 valence electrons. The van der Waals surface area contributed by atoms with Crippen LogP contribution in [0.25, 0.3) is 0 Å². The van der Waals surface area contributed by atoms with E-state index in [-0.39, 0.29) is 29.0 Å². The Morgan fingerprint density at radius 1 is 1.18 bits per heavy atom.